The Morgan fingerprint density at radius 3 is 2.00 bits per heavy atom. The summed E-state index contributed by atoms with van der Waals surface area (Å²) in [7, 11) is -4.23. The lowest BCUT2D eigenvalue weighted by molar-refractivity contribution is -0.183. The van der Waals surface area contributed by atoms with Crippen molar-refractivity contribution in [2.45, 2.75) is 50.3 Å². The molecule has 2 fully saturated rings. The summed E-state index contributed by atoms with van der Waals surface area (Å²) in [5.41, 5.74) is 2.90. The third kappa shape index (κ3) is 7.93. The maximum Gasteiger partial charge on any atom is 0.400 e. The molecule has 2 aliphatic rings. The zero-order valence-electron chi connectivity index (χ0n) is 21.4. The van der Waals surface area contributed by atoms with Crippen molar-refractivity contribution >= 4 is 10.4 Å². The Morgan fingerprint density at radius 1 is 0.769 bits per heavy atom. The molecule has 10 heteroatoms. The molecule has 3 aromatic carbocycles. The van der Waals surface area contributed by atoms with E-state index in [2.05, 4.69) is 0 Å². The minimum absolute atomic E-state index is 0.117. The molecular weight excluding hydrogens is 524 g/mol. The van der Waals surface area contributed by atoms with Crippen LogP contribution in [0.1, 0.15) is 16.7 Å². The normalized spacial score (nSPS) is 25.3. The first-order valence-corrected chi connectivity index (χ1v) is 14.1. The van der Waals surface area contributed by atoms with E-state index in [4.69, 9.17) is 32.1 Å². The third-order valence-electron chi connectivity index (χ3n) is 6.51. The van der Waals surface area contributed by atoms with Crippen LogP contribution in [-0.2, 0) is 62.3 Å². The van der Waals surface area contributed by atoms with Gasteiger partial charge < -0.3 is 23.7 Å². The molecule has 0 spiro atoms. The molecule has 3 aromatic rings. The van der Waals surface area contributed by atoms with Crippen LogP contribution in [0.3, 0.4) is 0 Å². The highest BCUT2D eigenvalue weighted by Gasteiger charge is 2.49. The molecule has 0 aromatic heterocycles. The van der Waals surface area contributed by atoms with E-state index in [-0.39, 0.29) is 26.6 Å². The smallest absolute Gasteiger partial charge is 0.374 e. The molecule has 0 bridgehead atoms. The summed E-state index contributed by atoms with van der Waals surface area (Å²) in [4.78, 5) is 0. The van der Waals surface area contributed by atoms with Gasteiger partial charge in [-0.1, -0.05) is 91.0 Å². The largest absolute Gasteiger partial charge is 0.400 e. The van der Waals surface area contributed by atoms with Crippen LogP contribution in [-0.4, -0.2) is 58.9 Å². The maximum atomic E-state index is 12.3. The fourth-order valence-corrected chi connectivity index (χ4v) is 5.39. The SMILES string of the molecule is O=S1(=O)OC[C@H]2OCO[C@H]([C@H](COCc3ccccc3)OCc3ccccc3)[C@@H](OCc3ccccc3)[C@@H]2O1. The second-order valence-corrected chi connectivity index (χ2v) is 10.5. The van der Waals surface area contributed by atoms with Gasteiger partial charge in [0.2, 0.25) is 0 Å². The monoisotopic (exact) mass is 556 g/mol. The summed E-state index contributed by atoms with van der Waals surface area (Å²) in [5.74, 6) is 0. The van der Waals surface area contributed by atoms with Gasteiger partial charge in [0.15, 0.2) is 0 Å². The molecule has 9 nitrogen and oxygen atoms in total. The zero-order chi connectivity index (χ0) is 26.9. The van der Waals surface area contributed by atoms with Crippen molar-refractivity contribution in [1.29, 1.82) is 0 Å². The molecule has 0 unspecified atom stereocenters. The van der Waals surface area contributed by atoms with Crippen LogP contribution >= 0.6 is 0 Å². The van der Waals surface area contributed by atoms with Crippen molar-refractivity contribution in [2.24, 2.45) is 0 Å². The first kappa shape index (κ1) is 27.9. The minimum Gasteiger partial charge on any atom is -0.374 e. The molecule has 0 amide bonds. The Morgan fingerprint density at radius 2 is 1.36 bits per heavy atom. The highest BCUT2D eigenvalue weighted by Crippen LogP contribution is 2.30. The molecule has 0 saturated carbocycles. The van der Waals surface area contributed by atoms with Gasteiger partial charge in [0.05, 0.1) is 33.0 Å². The lowest BCUT2D eigenvalue weighted by atomic mass is 9.99. The van der Waals surface area contributed by atoms with E-state index >= 15 is 0 Å². The van der Waals surface area contributed by atoms with Gasteiger partial charge >= 0.3 is 10.4 Å². The number of hydrogen-bond acceptors (Lipinski definition) is 9. The van der Waals surface area contributed by atoms with E-state index in [1.165, 1.54) is 0 Å². The number of fused-ring (bicyclic) bond motifs is 1. The fourth-order valence-electron chi connectivity index (χ4n) is 4.53. The van der Waals surface area contributed by atoms with Gasteiger partial charge in [-0.25, -0.2) is 8.37 Å². The molecule has 0 N–H and O–H groups in total. The Balaban J connectivity index is 1.39. The molecule has 0 radical (unpaired) electrons. The van der Waals surface area contributed by atoms with Gasteiger partial charge in [0.25, 0.3) is 0 Å². The molecule has 5 rings (SSSR count). The summed E-state index contributed by atoms with van der Waals surface area (Å²) in [6.07, 6.45) is -3.98. The average molecular weight is 557 g/mol. The van der Waals surface area contributed by atoms with E-state index < -0.39 is 40.9 Å². The van der Waals surface area contributed by atoms with E-state index in [0.717, 1.165) is 16.7 Å². The maximum absolute atomic E-state index is 12.3. The van der Waals surface area contributed by atoms with Gasteiger partial charge in [-0.15, -0.1) is 0 Å². The van der Waals surface area contributed by atoms with Crippen LogP contribution in [0.4, 0.5) is 0 Å². The molecule has 208 valence electrons. The Hall–Kier alpha value is -2.67. The van der Waals surface area contributed by atoms with E-state index in [1.54, 1.807) is 0 Å². The topological polar surface area (TPSA) is 98.8 Å². The van der Waals surface area contributed by atoms with E-state index in [9.17, 15) is 8.42 Å². The fraction of sp³-hybridized carbons (Fsp3) is 0.379. The number of rotatable bonds is 11. The van der Waals surface area contributed by atoms with E-state index in [1.807, 2.05) is 91.0 Å². The lowest BCUT2D eigenvalue weighted by Crippen LogP contribution is -2.55. The highest BCUT2D eigenvalue weighted by molar-refractivity contribution is 7.81. The predicted octanol–water partition coefficient (Wildman–Crippen LogP) is 3.78. The van der Waals surface area contributed by atoms with Crippen molar-refractivity contribution in [3.05, 3.63) is 108 Å². The number of benzene rings is 3. The van der Waals surface area contributed by atoms with Crippen LogP contribution in [0.2, 0.25) is 0 Å². The van der Waals surface area contributed by atoms with Gasteiger partial charge in [0.1, 0.15) is 37.3 Å². The number of ether oxygens (including phenoxy) is 5. The van der Waals surface area contributed by atoms with Crippen molar-refractivity contribution in [2.75, 3.05) is 20.0 Å². The predicted molar refractivity (Wildman–Crippen MR) is 140 cm³/mol. The minimum atomic E-state index is -4.23. The molecule has 39 heavy (non-hydrogen) atoms. The zero-order valence-corrected chi connectivity index (χ0v) is 22.2. The first-order chi connectivity index (χ1) is 19.1. The molecular formula is C29H32O9S. The second kappa shape index (κ2) is 13.6. The van der Waals surface area contributed by atoms with Crippen molar-refractivity contribution in [3.63, 3.8) is 0 Å². The van der Waals surface area contributed by atoms with Crippen molar-refractivity contribution in [3.8, 4) is 0 Å². The summed E-state index contributed by atoms with van der Waals surface area (Å²) in [6.45, 7) is 0.716. The average Bonchev–Trinajstić information content (AvgIpc) is 3.13. The molecule has 2 aliphatic heterocycles. The van der Waals surface area contributed by atoms with Crippen LogP contribution in [0, 0.1) is 0 Å². The summed E-state index contributed by atoms with van der Waals surface area (Å²) in [5, 5.41) is 0. The molecule has 2 heterocycles. The first-order valence-electron chi connectivity index (χ1n) is 12.8. The molecule has 0 aliphatic carbocycles. The van der Waals surface area contributed by atoms with Gasteiger partial charge in [-0.05, 0) is 16.7 Å². The lowest BCUT2D eigenvalue weighted by Gasteiger charge is -2.37. The Bertz CT molecular complexity index is 1240. The van der Waals surface area contributed by atoms with Crippen molar-refractivity contribution < 1.29 is 40.5 Å². The molecule has 5 atom stereocenters. The quantitative estimate of drug-likeness (QED) is 0.349. The van der Waals surface area contributed by atoms with Gasteiger partial charge in [-0.2, -0.15) is 8.42 Å². The molecule has 2 saturated heterocycles. The number of hydrogen-bond donors (Lipinski definition) is 0. The summed E-state index contributed by atoms with van der Waals surface area (Å²) >= 11 is 0. The van der Waals surface area contributed by atoms with Crippen LogP contribution in [0.5, 0.6) is 0 Å². The van der Waals surface area contributed by atoms with Crippen LogP contribution in [0.15, 0.2) is 91.0 Å². The van der Waals surface area contributed by atoms with Crippen LogP contribution in [0.25, 0.3) is 0 Å². The Kier molecular flexibility index (Phi) is 9.72. The second-order valence-electron chi connectivity index (χ2n) is 9.30. The van der Waals surface area contributed by atoms with E-state index in [0.29, 0.717) is 13.2 Å². The summed E-state index contributed by atoms with van der Waals surface area (Å²) < 4.78 is 65.6. The Labute approximate surface area is 228 Å². The standard InChI is InChI=1S/C29H32O9S/c30-39(31)37-20-26-28(38-39)29(34-18-24-14-8-3-9-15-24)27(36-21-35-26)25(33-17-23-12-6-2-7-13-23)19-32-16-22-10-4-1-5-11-22/h1-15,25-29H,16-21H2/t25-,26+,27+,28+,29+/m0/s1. The highest BCUT2D eigenvalue weighted by atomic mass is 32.3. The van der Waals surface area contributed by atoms with Gasteiger partial charge in [0, 0.05) is 0 Å². The third-order valence-corrected chi connectivity index (χ3v) is 7.40. The summed E-state index contributed by atoms with van der Waals surface area (Å²) in [6, 6.07) is 29.1. The van der Waals surface area contributed by atoms with Crippen LogP contribution < -0.4 is 0 Å². The van der Waals surface area contributed by atoms with Gasteiger partial charge in [-0.3, -0.25) is 0 Å². The van der Waals surface area contributed by atoms with Crippen molar-refractivity contribution in [1.82, 2.24) is 0 Å².